The Hall–Kier alpha value is -0.650. The average Bonchev–Trinajstić information content (AvgIpc) is 2.41. The van der Waals surface area contributed by atoms with Gasteiger partial charge in [-0.25, -0.2) is 0 Å². The number of nitrogens with zero attached hydrogens (tertiary/aromatic N) is 4. The Morgan fingerprint density at radius 3 is 2.62 bits per heavy atom. The number of aromatic nitrogens is 3. The van der Waals surface area contributed by atoms with Gasteiger partial charge in [-0.15, -0.1) is 0 Å². The lowest BCUT2D eigenvalue weighted by molar-refractivity contribution is 0.0820. The SMILES string of the molecule is CC1CN(c2nc(Cl)nc(Cl)n2)CCCO1. The van der Waals surface area contributed by atoms with E-state index in [2.05, 4.69) is 15.0 Å². The van der Waals surface area contributed by atoms with Crippen molar-refractivity contribution in [3.05, 3.63) is 10.6 Å². The molecular weight excluding hydrogens is 251 g/mol. The van der Waals surface area contributed by atoms with Gasteiger partial charge in [-0.3, -0.25) is 0 Å². The number of hydrogen-bond acceptors (Lipinski definition) is 5. The van der Waals surface area contributed by atoms with Gasteiger partial charge in [0.15, 0.2) is 0 Å². The monoisotopic (exact) mass is 262 g/mol. The van der Waals surface area contributed by atoms with E-state index in [1.165, 1.54) is 0 Å². The van der Waals surface area contributed by atoms with Gasteiger partial charge in [0.1, 0.15) is 0 Å². The van der Waals surface area contributed by atoms with Crippen LogP contribution in [0.25, 0.3) is 0 Å². The van der Waals surface area contributed by atoms with Crippen LogP contribution in [0, 0.1) is 0 Å². The normalized spacial score (nSPS) is 21.9. The molecule has 2 rings (SSSR count). The summed E-state index contributed by atoms with van der Waals surface area (Å²) in [6, 6.07) is 0. The molecule has 1 aromatic heterocycles. The van der Waals surface area contributed by atoms with Crippen LogP contribution in [0.5, 0.6) is 0 Å². The second kappa shape index (κ2) is 5.12. The molecule has 0 radical (unpaired) electrons. The lowest BCUT2D eigenvalue weighted by Crippen LogP contribution is -2.31. The van der Waals surface area contributed by atoms with Crippen LogP contribution in [0.2, 0.25) is 10.6 Å². The van der Waals surface area contributed by atoms with E-state index in [0.29, 0.717) is 5.95 Å². The van der Waals surface area contributed by atoms with Crippen molar-refractivity contribution < 1.29 is 4.74 Å². The molecule has 1 atom stereocenters. The topological polar surface area (TPSA) is 51.1 Å². The number of rotatable bonds is 1. The predicted octanol–water partition coefficient (Wildman–Crippen LogP) is 1.79. The highest BCUT2D eigenvalue weighted by molar-refractivity contribution is 6.31. The maximum Gasteiger partial charge on any atom is 0.231 e. The van der Waals surface area contributed by atoms with Gasteiger partial charge in [-0.2, -0.15) is 15.0 Å². The molecule has 1 unspecified atom stereocenters. The molecule has 0 amide bonds. The number of halogens is 2. The zero-order valence-electron chi connectivity index (χ0n) is 8.86. The Morgan fingerprint density at radius 2 is 1.94 bits per heavy atom. The fraction of sp³-hybridized carbons (Fsp3) is 0.667. The van der Waals surface area contributed by atoms with Crippen molar-refractivity contribution in [2.24, 2.45) is 0 Å². The molecule has 0 bridgehead atoms. The first kappa shape index (κ1) is 11.8. The van der Waals surface area contributed by atoms with Crippen LogP contribution in [-0.2, 0) is 4.74 Å². The van der Waals surface area contributed by atoms with Crippen molar-refractivity contribution in [3.63, 3.8) is 0 Å². The molecule has 16 heavy (non-hydrogen) atoms. The average molecular weight is 263 g/mol. The van der Waals surface area contributed by atoms with Crippen molar-refractivity contribution in [1.82, 2.24) is 15.0 Å². The summed E-state index contributed by atoms with van der Waals surface area (Å²) < 4.78 is 5.54. The highest BCUT2D eigenvalue weighted by Crippen LogP contribution is 2.16. The summed E-state index contributed by atoms with van der Waals surface area (Å²) in [6.45, 7) is 4.34. The molecule has 1 aromatic rings. The highest BCUT2D eigenvalue weighted by Gasteiger charge is 2.18. The largest absolute Gasteiger partial charge is 0.377 e. The van der Waals surface area contributed by atoms with E-state index in [0.717, 1.165) is 26.1 Å². The van der Waals surface area contributed by atoms with Crippen LogP contribution in [0.3, 0.4) is 0 Å². The van der Waals surface area contributed by atoms with Gasteiger partial charge < -0.3 is 9.64 Å². The van der Waals surface area contributed by atoms with Gasteiger partial charge in [0.25, 0.3) is 0 Å². The van der Waals surface area contributed by atoms with Crippen molar-refractivity contribution in [2.75, 3.05) is 24.6 Å². The van der Waals surface area contributed by atoms with E-state index in [-0.39, 0.29) is 16.7 Å². The summed E-state index contributed by atoms with van der Waals surface area (Å²) in [7, 11) is 0. The summed E-state index contributed by atoms with van der Waals surface area (Å²) >= 11 is 11.5. The molecule has 0 aliphatic carbocycles. The third-order valence-electron chi connectivity index (χ3n) is 2.30. The minimum atomic E-state index is 0.118. The predicted molar refractivity (Wildman–Crippen MR) is 62.1 cm³/mol. The molecule has 0 spiro atoms. The molecule has 0 saturated carbocycles. The van der Waals surface area contributed by atoms with Crippen LogP contribution in [0.1, 0.15) is 13.3 Å². The molecule has 88 valence electrons. The summed E-state index contributed by atoms with van der Waals surface area (Å²) in [5.74, 6) is 0.516. The Labute approximate surface area is 104 Å². The minimum Gasteiger partial charge on any atom is -0.377 e. The van der Waals surface area contributed by atoms with Crippen LogP contribution in [0.4, 0.5) is 5.95 Å². The molecule has 5 nitrogen and oxygen atoms in total. The molecule has 0 N–H and O–H groups in total. The quantitative estimate of drug-likeness (QED) is 0.773. The van der Waals surface area contributed by atoms with E-state index in [9.17, 15) is 0 Å². The van der Waals surface area contributed by atoms with Gasteiger partial charge in [-0.1, -0.05) is 0 Å². The van der Waals surface area contributed by atoms with E-state index < -0.39 is 0 Å². The van der Waals surface area contributed by atoms with Crippen LogP contribution in [0.15, 0.2) is 0 Å². The number of hydrogen-bond donors (Lipinski definition) is 0. The molecule has 1 aliphatic heterocycles. The first-order valence-electron chi connectivity index (χ1n) is 5.09. The lowest BCUT2D eigenvalue weighted by atomic mass is 10.3. The van der Waals surface area contributed by atoms with Gasteiger partial charge in [0, 0.05) is 19.7 Å². The first-order valence-corrected chi connectivity index (χ1v) is 5.84. The number of anilines is 1. The van der Waals surface area contributed by atoms with Crippen molar-refractivity contribution in [2.45, 2.75) is 19.4 Å². The molecule has 7 heteroatoms. The fourth-order valence-corrected chi connectivity index (χ4v) is 1.99. The van der Waals surface area contributed by atoms with Crippen molar-refractivity contribution in [3.8, 4) is 0 Å². The summed E-state index contributed by atoms with van der Waals surface area (Å²) in [5, 5.41) is 0.237. The summed E-state index contributed by atoms with van der Waals surface area (Å²) in [5.41, 5.74) is 0. The summed E-state index contributed by atoms with van der Waals surface area (Å²) in [6.07, 6.45) is 1.09. The second-order valence-corrected chi connectivity index (χ2v) is 4.33. The van der Waals surface area contributed by atoms with E-state index >= 15 is 0 Å². The maximum absolute atomic E-state index is 5.74. The Kier molecular flexibility index (Phi) is 3.78. The standard InChI is InChI=1S/C9H12Cl2N4O/c1-6-5-15(3-2-4-16-6)9-13-7(10)12-8(11)14-9/h6H,2-5H2,1H3. The van der Waals surface area contributed by atoms with Gasteiger partial charge in [-0.05, 0) is 36.5 Å². The zero-order valence-corrected chi connectivity index (χ0v) is 10.4. The van der Waals surface area contributed by atoms with Crippen LogP contribution < -0.4 is 4.90 Å². The van der Waals surface area contributed by atoms with Gasteiger partial charge in [0.05, 0.1) is 6.10 Å². The molecule has 2 heterocycles. The first-order chi connectivity index (χ1) is 7.65. The van der Waals surface area contributed by atoms with Crippen LogP contribution >= 0.6 is 23.2 Å². The van der Waals surface area contributed by atoms with Gasteiger partial charge in [0.2, 0.25) is 16.5 Å². The molecular formula is C9H12Cl2N4O. The smallest absolute Gasteiger partial charge is 0.231 e. The Morgan fingerprint density at radius 1 is 1.25 bits per heavy atom. The van der Waals surface area contributed by atoms with E-state index in [1.54, 1.807) is 0 Å². The van der Waals surface area contributed by atoms with E-state index in [4.69, 9.17) is 27.9 Å². The molecule has 1 saturated heterocycles. The molecule has 0 aromatic carbocycles. The molecule has 1 aliphatic rings. The molecule has 1 fully saturated rings. The van der Waals surface area contributed by atoms with Crippen LogP contribution in [-0.4, -0.2) is 40.8 Å². The number of ether oxygens (including phenoxy) is 1. The van der Waals surface area contributed by atoms with E-state index in [1.807, 2.05) is 11.8 Å². The zero-order chi connectivity index (χ0) is 11.5. The maximum atomic E-state index is 5.74. The fourth-order valence-electron chi connectivity index (χ4n) is 1.63. The Balaban J connectivity index is 2.21. The Bertz CT molecular complexity index is 356. The van der Waals surface area contributed by atoms with Gasteiger partial charge >= 0.3 is 0 Å². The third kappa shape index (κ3) is 2.93. The van der Waals surface area contributed by atoms with Crippen molar-refractivity contribution >= 4 is 29.2 Å². The lowest BCUT2D eigenvalue weighted by Gasteiger charge is -2.21. The third-order valence-corrected chi connectivity index (χ3v) is 2.64. The minimum absolute atomic E-state index is 0.118. The summed E-state index contributed by atoms with van der Waals surface area (Å²) in [4.78, 5) is 13.9. The van der Waals surface area contributed by atoms with Crippen molar-refractivity contribution in [1.29, 1.82) is 0 Å². The highest BCUT2D eigenvalue weighted by atomic mass is 35.5. The second-order valence-electron chi connectivity index (χ2n) is 3.65.